The molecule has 0 radical (unpaired) electrons. The molecule has 0 saturated heterocycles. The van der Waals surface area contributed by atoms with Crippen LogP contribution in [0, 0.1) is 0 Å². The molecule has 0 saturated carbocycles. The van der Waals surface area contributed by atoms with Crippen molar-refractivity contribution < 1.29 is 4.42 Å². The van der Waals surface area contributed by atoms with Crippen LogP contribution in [0.2, 0.25) is 0 Å². The fraction of sp³-hybridized carbons (Fsp3) is 0. The SMILES string of the molecule is c1cc(-c2ccc(-c3ccc(N(c4ccc5sc6ccccc6c5c4)c4cccc5oc6ccccc6c45)cc3)cc2)cc(-c2ccc3ccccc3c2)c1. The number of fused-ring (bicyclic) bond motifs is 7. The number of rotatable bonds is 6. The number of nitrogens with zero attached hydrogens (tertiary/aromatic N) is 1. The molecule has 0 atom stereocenters. The van der Waals surface area contributed by atoms with E-state index in [-0.39, 0.29) is 0 Å². The van der Waals surface area contributed by atoms with E-state index in [0.717, 1.165) is 39.0 Å². The molecular weight excluding hydrogens is 687 g/mol. The van der Waals surface area contributed by atoms with E-state index in [1.165, 1.54) is 64.3 Å². The molecule has 55 heavy (non-hydrogen) atoms. The minimum Gasteiger partial charge on any atom is -0.456 e. The minimum absolute atomic E-state index is 0.880. The van der Waals surface area contributed by atoms with Crippen LogP contribution in [0.5, 0.6) is 0 Å². The predicted octanol–water partition coefficient (Wildman–Crippen LogP) is 15.6. The lowest BCUT2D eigenvalue weighted by molar-refractivity contribution is 0.669. The Morgan fingerprint density at radius 3 is 1.76 bits per heavy atom. The molecule has 0 aliphatic rings. The summed E-state index contributed by atoms with van der Waals surface area (Å²) in [6.45, 7) is 0. The fourth-order valence-electron chi connectivity index (χ4n) is 8.13. The minimum atomic E-state index is 0.880. The van der Waals surface area contributed by atoms with Crippen LogP contribution < -0.4 is 4.90 Å². The Hall–Kier alpha value is -6.94. The third-order valence-electron chi connectivity index (χ3n) is 10.9. The maximum atomic E-state index is 6.37. The van der Waals surface area contributed by atoms with Crippen LogP contribution in [0.1, 0.15) is 0 Å². The standard InChI is InChI=1S/C52H33NOS/c1-2-10-38-32-41(24-23-34(38)9-1)40-12-7-11-39(31-40)37-21-19-35(20-22-37)36-25-27-42(28-26-36)53(43-29-30-51-46(33-43)44-13-4-6-18-50(44)55-51)47-15-8-17-49-52(47)45-14-3-5-16-48(45)54-49/h1-33H. The summed E-state index contributed by atoms with van der Waals surface area (Å²) in [6, 6.07) is 72.3. The fourth-order valence-corrected chi connectivity index (χ4v) is 9.21. The number of thiophene rings is 1. The molecule has 0 unspecified atom stereocenters. The summed E-state index contributed by atoms with van der Waals surface area (Å²) >= 11 is 1.84. The summed E-state index contributed by atoms with van der Waals surface area (Å²) in [5.41, 5.74) is 12.3. The van der Waals surface area contributed by atoms with Crippen molar-refractivity contribution in [3.63, 3.8) is 0 Å². The maximum absolute atomic E-state index is 6.37. The first-order chi connectivity index (χ1) is 27.2. The molecule has 9 aromatic carbocycles. The monoisotopic (exact) mass is 719 g/mol. The molecule has 0 aliphatic heterocycles. The summed E-state index contributed by atoms with van der Waals surface area (Å²) in [4.78, 5) is 2.38. The Bertz CT molecular complexity index is 3210. The predicted molar refractivity (Wildman–Crippen MR) is 235 cm³/mol. The van der Waals surface area contributed by atoms with Crippen LogP contribution >= 0.6 is 11.3 Å². The van der Waals surface area contributed by atoms with Gasteiger partial charge in [0.15, 0.2) is 0 Å². The molecule has 2 aromatic heterocycles. The number of benzene rings is 9. The largest absolute Gasteiger partial charge is 0.456 e. The number of furan rings is 1. The summed E-state index contributed by atoms with van der Waals surface area (Å²) in [5.74, 6) is 0. The van der Waals surface area contributed by atoms with Gasteiger partial charge in [-0.2, -0.15) is 0 Å². The van der Waals surface area contributed by atoms with Crippen molar-refractivity contribution in [2.75, 3.05) is 4.90 Å². The van der Waals surface area contributed by atoms with E-state index in [9.17, 15) is 0 Å². The molecule has 11 aromatic rings. The van der Waals surface area contributed by atoms with Gasteiger partial charge < -0.3 is 9.32 Å². The van der Waals surface area contributed by atoms with E-state index in [4.69, 9.17) is 4.42 Å². The highest BCUT2D eigenvalue weighted by atomic mass is 32.1. The molecule has 2 nitrogen and oxygen atoms in total. The van der Waals surface area contributed by atoms with E-state index in [1.54, 1.807) is 0 Å². The van der Waals surface area contributed by atoms with Gasteiger partial charge in [-0.15, -0.1) is 11.3 Å². The van der Waals surface area contributed by atoms with Crippen molar-refractivity contribution in [1.82, 2.24) is 0 Å². The third kappa shape index (κ3) is 5.48. The Labute approximate surface area is 322 Å². The summed E-state index contributed by atoms with van der Waals surface area (Å²) in [5, 5.41) is 7.30. The molecule has 258 valence electrons. The average Bonchev–Trinajstić information content (AvgIpc) is 3.83. The lowest BCUT2D eigenvalue weighted by Gasteiger charge is -2.26. The molecule has 2 heterocycles. The Kier molecular flexibility index (Phi) is 7.39. The zero-order valence-corrected chi connectivity index (χ0v) is 30.6. The first-order valence-corrected chi connectivity index (χ1v) is 19.5. The normalized spacial score (nSPS) is 11.6. The maximum Gasteiger partial charge on any atom is 0.137 e. The Balaban J connectivity index is 0.965. The van der Waals surface area contributed by atoms with Crippen LogP contribution in [-0.4, -0.2) is 0 Å². The number of hydrogen-bond donors (Lipinski definition) is 0. The zero-order valence-electron chi connectivity index (χ0n) is 29.8. The highest BCUT2D eigenvalue weighted by Gasteiger charge is 2.20. The van der Waals surface area contributed by atoms with Gasteiger partial charge in [-0.1, -0.05) is 133 Å². The van der Waals surface area contributed by atoms with Crippen molar-refractivity contribution in [2.24, 2.45) is 0 Å². The van der Waals surface area contributed by atoms with Gasteiger partial charge >= 0.3 is 0 Å². The average molecular weight is 720 g/mol. The first kappa shape index (κ1) is 31.6. The van der Waals surface area contributed by atoms with Crippen LogP contribution in [0.4, 0.5) is 17.1 Å². The molecule has 0 fully saturated rings. The molecule has 0 spiro atoms. The third-order valence-corrected chi connectivity index (χ3v) is 12.0. The van der Waals surface area contributed by atoms with E-state index in [0.29, 0.717) is 0 Å². The molecule has 0 amide bonds. The van der Waals surface area contributed by atoms with Crippen molar-refractivity contribution in [3.8, 4) is 33.4 Å². The highest BCUT2D eigenvalue weighted by Crippen LogP contribution is 2.45. The van der Waals surface area contributed by atoms with Gasteiger partial charge in [0.25, 0.3) is 0 Å². The quantitative estimate of drug-likeness (QED) is 0.170. The number of anilines is 3. The van der Waals surface area contributed by atoms with Gasteiger partial charge in [-0.05, 0) is 111 Å². The van der Waals surface area contributed by atoms with Crippen LogP contribution in [0.3, 0.4) is 0 Å². The van der Waals surface area contributed by atoms with Crippen molar-refractivity contribution in [1.29, 1.82) is 0 Å². The van der Waals surface area contributed by atoms with Gasteiger partial charge in [-0.3, -0.25) is 0 Å². The smallest absolute Gasteiger partial charge is 0.137 e. The van der Waals surface area contributed by atoms with Crippen molar-refractivity contribution >= 4 is 81.3 Å². The zero-order chi connectivity index (χ0) is 36.3. The van der Waals surface area contributed by atoms with E-state index in [2.05, 4.69) is 199 Å². The molecule has 0 bridgehead atoms. The van der Waals surface area contributed by atoms with Gasteiger partial charge in [-0.25, -0.2) is 0 Å². The van der Waals surface area contributed by atoms with Gasteiger partial charge in [0, 0.05) is 36.9 Å². The number of hydrogen-bond acceptors (Lipinski definition) is 3. The molecule has 3 heteroatoms. The van der Waals surface area contributed by atoms with Crippen molar-refractivity contribution in [3.05, 3.63) is 200 Å². The van der Waals surface area contributed by atoms with E-state index >= 15 is 0 Å². The van der Waals surface area contributed by atoms with Crippen LogP contribution in [0.15, 0.2) is 205 Å². The van der Waals surface area contributed by atoms with Crippen LogP contribution in [-0.2, 0) is 0 Å². The molecule has 0 aliphatic carbocycles. The Morgan fingerprint density at radius 2 is 0.927 bits per heavy atom. The Morgan fingerprint density at radius 1 is 0.345 bits per heavy atom. The van der Waals surface area contributed by atoms with Gasteiger partial charge in [0.2, 0.25) is 0 Å². The molecule has 0 N–H and O–H groups in total. The summed E-state index contributed by atoms with van der Waals surface area (Å²) in [7, 11) is 0. The number of para-hydroxylation sites is 1. The van der Waals surface area contributed by atoms with Crippen molar-refractivity contribution in [2.45, 2.75) is 0 Å². The second-order valence-electron chi connectivity index (χ2n) is 14.1. The topological polar surface area (TPSA) is 16.4 Å². The molecule has 11 rings (SSSR count). The second kappa shape index (κ2) is 12.9. The summed E-state index contributed by atoms with van der Waals surface area (Å²) < 4.78 is 8.96. The van der Waals surface area contributed by atoms with E-state index in [1.807, 2.05) is 17.4 Å². The lowest BCUT2D eigenvalue weighted by Crippen LogP contribution is -2.10. The van der Waals surface area contributed by atoms with Crippen LogP contribution in [0.25, 0.3) is 86.3 Å². The second-order valence-corrected chi connectivity index (χ2v) is 15.2. The van der Waals surface area contributed by atoms with E-state index < -0.39 is 0 Å². The lowest BCUT2D eigenvalue weighted by atomic mass is 9.96. The van der Waals surface area contributed by atoms with Gasteiger partial charge in [0.05, 0.1) is 11.1 Å². The summed E-state index contributed by atoms with van der Waals surface area (Å²) in [6.07, 6.45) is 0. The van der Waals surface area contributed by atoms with Gasteiger partial charge in [0.1, 0.15) is 11.2 Å². The highest BCUT2D eigenvalue weighted by molar-refractivity contribution is 7.25. The first-order valence-electron chi connectivity index (χ1n) is 18.7. The molecular formula is C52H33NOS.